The van der Waals surface area contributed by atoms with Gasteiger partial charge in [-0.3, -0.25) is 0 Å². The minimum Gasteiger partial charge on any atom is -0.453 e. The fraction of sp³-hybridized carbons (Fsp3) is 0.250. The fourth-order valence-electron chi connectivity index (χ4n) is 2.21. The zero-order chi connectivity index (χ0) is 14.8. The molecule has 0 saturated carbocycles. The molecule has 1 aromatic carbocycles. The van der Waals surface area contributed by atoms with E-state index < -0.39 is 0 Å². The van der Waals surface area contributed by atoms with E-state index in [0.29, 0.717) is 11.6 Å². The molecule has 0 fully saturated rings. The highest BCUT2D eigenvalue weighted by Crippen LogP contribution is 2.30. The molecule has 0 amide bonds. The van der Waals surface area contributed by atoms with Crippen LogP contribution in [0, 0.1) is 0 Å². The molecule has 0 saturated heterocycles. The Kier molecular flexibility index (Phi) is 3.92. The maximum atomic E-state index is 5.86. The summed E-state index contributed by atoms with van der Waals surface area (Å²) in [5.41, 5.74) is 1.82. The number of anilines is 1. The molecule has 0 aliphatic heterocycles. The first-order valence-corrected chi connectivity index (χ1v) is 7.81. The number of aryl methyl sites for hydroxylation is 1. The van der Waals surface area contributed by atoms with Crippen molar-refractivity contribution in [1.82, 2.24) is 9.97 Å². The summed E-state index contributed by atoms with van der Waals surface area (Å²) in [5, 5.41) is 4.31. The van der Waals surface area contributed by atoms with Gasteiger partial charge in [-0.15, -0.1) is 0 Å². The summed E-state index contributed by atoms with van der Waals surface area (Å²) in [4.78, 5) is 9.18. The van der Waals surface area contributed by atoms with Crippen LogP contribution < -0.4 is 5.32 Å². The Hall–Kier alpha value is -1.88. The summed E-state index contributed by atoms with van der Waals surface area (Å²) in [6.07, 6.45) is 0.828. The number of hydrogen-bond donors (Lipinski definition) is 1. The van der Waals surface area contributed by atoms with Crippen molar-refractivity contribution < 1.29 is 4.42 Å². The lowest BCUT2D eigenvalue weighted by Gasteiger charge is -2.10. The Morgan fingerprint density at radius 2 is 2.00 bits per heavy atom. The van der Waals surface area contributed by atoms with Crippen molar-refractivity contribution in [2.24, 2.45) is 0 Å². The van der Waals surface area contributed by atoms with Crippen molar-refractivity contribution in [3.8, 4) is 11.6 Å². The Morgan fingerprint density at radius 3 is 2.71 bits per heavy atom. The Labute approximate surface area is 131 Å². The molecule has 2 heterocycles. The van der Waals surface area contributed by atoms with Gasteiger partial charge in [0.25, 0.3) is 0 Å². The van der Waals surface area contributed by atoms with Crippen molar-refractivity contribution in [2.45, 2.75) is 20.3 Å². The van der Waals surface area contributed by atoms with Gasteiger partial charge in [0.1, 0.15) is 11.4 Å². The third-order valence-corrected chi connectivity index (χ3v) is 4.08. The lowest BCUT2D eigenvalue weighted by Crippen LogP contribution is -2.05. The van der Waals surface area contributed by atoms with E-state index in [0.717, 1.165) is 39.9 Å². The van der Waals surface area contributed by atoms with Crippen LogP contribution in [0.4, 0.5) is 5.82 Å². The maximum absolute atomic E-state index is 5.86. The van der Waals surface area contributed by atoms with Crippen LogP contribution in [0.15, 0.2) is 39.2 Å². The molecule has 0 bridgehead atoms. The standard InChI is InChI=1S/C16H16BrN3O/c1-3-11-14(17)16(18-4-2)20-15(19-11)13-9-10-7-5-6-8-12(10)21-13/h5-9H,3-4H2,1-2H3,(H,18,19,20). The SMILES string of the molecule is CCNc1nc(-c2cc3ccccc3o2)nc(CC)c1Br. The highest BCUT2D eigenvalue weighted by atomic mass is 79.9. The Balaban J connectivity index is 2.14. The molecule has 4 nitrogen and oxygen atoms in total. The van der Waals surface area contributed by atoms with Crippen molar-refractivity contribution >= 4 is 32.7 Å². The van der Waals surface area contributed by atoms with Gasteiger partial charge in [0, 0.05) is 11.9 Å². The molecule has 108 valence electrons. The summed E-state index contributed by atoms with van der Waals surface area (Å²) >= 11 is 3.57. The van der Waals surface area contributed by atoms with Crippen molar-refractivity contribution in [1.29, 1.82) is 0 Å². The monoisotopic (exact) mass is 345 g/mol. The Morgan fingerprint density at radius 1 is 1.19 bits per heavy atom. The van der Waals surface area contributed by atoms with Gasteiger partial charge in [0.05, 0.1) is 10.2 Å². The van der Waals surface area contributed by atoms with Crippen molar-refractivity contribution in [3.05, 3.63) is 40.5 Å². The minimum absolute atomic E-state index is 0.613. The number of aromatic nitrogens is 2. The van der Waals surface area contributed by atoms with E-state index in [2.05, 4.69) is 38.1 Å². The molecule has 3 rings (SSSR count). The summed E-state index contributed by atoms with van der Waals surface area (Å²) in [7, 11) is 0. The number of benzene rings is 1. The second kappa shape index (κ2) is 5.85. The van der Waals surface area contributed by atoms with Crippen molar-refractivity contribution in [2.75, 3.05) is 11.9 Å². The second-order valence-corrected chi connectivity index (χ2v) is 5.48. The molecule has 2 aromatic heterocycles. The largest absolute Gasteiger partial charge is 0.453 e. The van der Waals surface area contributed by atoms with Gasteiger partial charge in [-0.2, -0.15) is 0 Å². The maximum Gasteiger partial charge on any atom is 0.197 e. The number of nitrogens with one attached hydrogen (secondary N) is 1. The average molecular weight is 346 g/mol. The normalized spacial score (nSPS) is 11.0. The van der Waals surface area contributed by atoms with Crippen LogP contribution >= 0.6 is 15.9 Å². The highest BCUT2D eigenvalue weighted by Gasteiger charge is 2.15. The molecule has 3 aromatic rings. The van der Waals surface area contributed by atoms with Crippen LogP contribution in [0.3, 0.4) is 0 Å². The summed E-state index contributed by atoms with van der Waals surface area (Å²) < 4.78 is 6.78. The topological polar surface area (TPSA) is 51.0 Å². The van der Waals surface area contributed by atoms with Gasteiger partial charge in [0.2, 0.25) is 0 Å². The van der Waals surface area contributed by atoms with E-state index in [1.165, 1.54) is 0 Å². The van der Waals surface area contributed by atoms with E-state index in [1.807, 2.05) is 37.3 Å². The molecular formula is C16H16BrN3O. The van der Waals surface area contributed by atoms with Gasteiger partial charge >= 0.3 is 0 Å². The van der Waals surface area contributed by atoms with Gasteiger partial charge < -0.3 is 9.73 Å². The molecule has 0 spiro atoms. The second-order valence-electron chi connectivity index (χ2n) is 4.69. The third-order valence-electron chi connectivity index (χ3n) is 3.24. The van der Waals surface area contributed by atoms with Crippen LogP contribution in [0.1, 0.15) is 19.5 Å². The summed E-state index contributed by atoms with van der Waals surface area (Å²) in [6, 6.07) is 9.90. The predicted molar refractivity (Wildman–Crippen MR) is 88.5 cm³/mol. The number of para-hydroxylation sites is 1. The minimum atomic E-state index is 0.613. The van der Waals surface area contributed by atoms with Gasteiger partial charge in [-0.05, 0) is 41.4 Å². The van der Waals surface area contributed by atoms with Crippen LogP contribution in [0.5, 0.6) is 0 Å². The molecule has 0 atom stereocenters. The zero-order valence-corrected chi connectivity index (χ0v) is 13.6. The number of hydrogen-bond acceptors (Lipinski definition) is 4. The first-order valence-electron chi connectivity index (χ1n) is 7.02. The van der Waals surface area contributed by atoms with Crippen LogP contribution in [-0.2, 0) is 6.42 Å². The summed E-state index contributed by atoms with van der Waals surface area (Å²) in [5.74, 6) is 2.11. The highest BCUT2D eigenvalue weighted by molar-refractivity contribution is 9.10. The molecule has 5 heteroatoms. The van der Waals surface area contributed by atoms with E-state index in [1.54, 1.807) is 0 Å². The van der Waals surface area contributed by atoms with Crippen molar-refractivity contribution in [3.63, 3.8) is 0 Å². The number of rotatable bonds is 4. The number of furan rings is 1. The average Bonchev–Trinajstić information content (AvgIpc) is 2.93. The molecule has 0 aliphatic rings. The van der Waals surface area contributed by atoms with E-state index in [-0.39, 0.29) is 0 Å². The third kappa shape index (κ3) is 2.65. The lowest BCUT2D eigenvalue weighted by molar-refractivity contribution is 0.624. The number of nitrogens with zero attached hydrogens (tertiary/aromatic N) is 2. The summed E-state index contributed by atoms with van der Waals surface area (Å²) in [6.45, 7) is 4.92. The molecule has 0 unspecified atom stereocenters. The van der Waals surface area contributed by atoms with E-state index in [4.69, 9.17) is 4.42 Å². The van der Waals surface area contributed by atoms with E-state index >= 15 is 0 Å². The van der Waals surface area contributed by atoms with Crippen LogP contribution in [0.25, 0.3) is 22.6 Å². The zero-order valence-electron chi connectivity index (χ0n) is 12.0. The molecule has 21 heavy (non-hydrogen) atoms. The van der Waals surface area contributed by atoms with Gasteiger partial charge in [-0.1, -0.05) is 25.1 Å². The first kappa shape index (κ1) is 14.1. The first-order chi connectivity index (χ1) is 10.2. The fourth-order valence-corrected chi connectivity index (χ4v) is 2.81. The lowest BCUT2D eigenvalue weighted by atomic mass is 10.2. The quantitative estimate of drug-likeness (QED) is 0.747. The molecule has 1 N–H and O–H groups in total. The van der Waals surface area contributed by atoms with E-state index in [9.17, 15) is 0 Å². The molecule has 0 radical (unpaired) electrons. The van der Waals surface area contributed by atoms with Crippen LogP contribution in [0.2, 0.25) is 0 Å². The van der Waals surface area contributed by atoms with Gasteiger partial charge in [-0.25, -0.2) is 9.97 Å². The molecule has 0 aliphatic carbocycles. The smallest absolute Gasteiger partial charge is 0.197 e. The number of halogens is 1. The Bertz CT molecular complexity index is 749. The molecular weight excluding hydrogens is 330 g/mol. The van der Waals surface area contributed by atoms with Gasteiger partial charge in [0.15, 0.2) is 11.6 Å². The predicted octanol–water partition coefficient (Wildman–Crippen LogP) is 4.65. The number of fused-ring (bicyclic) bond motifs is 1. The van der Waals surface area contributed by atoms with Crippen LogP contribution in [-0.4, -0.2) is 16.5 Å².